The van der Waals surface area contributed by atoms with Crippen molar-refractivity contribution in [2.24, 2.45) is 0 Å². The average Bonchev–Trinajstić information content (AvgIpc) is 3.21. The maximum absolute atomic E-state index is 12.4. The van der Waals surface area contributed by atoms with Crippen LogP contribution in [-0.4, -0.2) is 40.7 Å². The number of hydrogen-bond acceptors (Lipinski definition) is 5. The molecule has 0 radical (unpaired) electrons. The number of nitrogens with one attached hydrogen (secondary N) is 2. The highest BCUT2D eigenvalue weighted by Crippen LogP contribution is 2.24. The minimum atomic E-state index is -3.64. The van der Waals surface area contributed by atoms with Crippen LogP contribution in [-0.2, 0) is 14.8 Å². The van der Waals surface area contributed by atoms with Crippen molar-refractivity contribution in [3.63, 3.8) is 0 Å². The number of benzene rings is 2. The molecule has 27 heavy (non-hydrogen) atoms. The van der Waals surface area contributed by atoms with Crippen LogP contribution < -0.4 is 14.8 Å². The lowest BCUT2D eigenvalue weighted by molar-refractivity contribution is 0.102. The molecule has 1 aliphatic heterocycles. The van der Waals surface area contributed by atoms with Gasteiger partial charge in [-0.3, -0.25) is 4.79 Å². The summed E-state index contributed by atoms with van der Waals surface area (Å²) >= 11 is 0. The Morgan fingerprint density at radius 2 is 1.93 bits per heavy atom. The molecular formula is C19H22N2O5S. The lowest BCUT2D eigenvalue weighted by Crippen LogP contribution is -2.31. The fraction of sp³-hybridized carbons (Fsp3) is 0.316. The van der Waals surface area contributed by atoms with Crippen LogP contribution in [0.3, 0.4) is 0 Å². The van der Waals surface area contributed by atoms with Gasteiger partial charge in [-0.1, -0.05) is 12.1 Å². The molecule has 3 rings (SSSR count). The number of anilines is 1. The molecule has 1 heterocycles. The minimum absolute atomic E-state index is 0.0781. The average molecular weight is 390 g/mol. The lowest BCUT2D eigenvalue weighted by Gasteiger charge is -2.12. The van der Waals surface area contributed by atoms with Crippen molar-refractivity contribution >= 4 is 21.6 Å². The third kappa shape index (κ3) is 4.85. The normalized spacial score (nSPS) is 16.9. The summed E-state index contributed by atoms with van der Waals surface area (Å²) in [6, 6.07) is 12.8. The van der Waals surface area contributed by atoms with E-state index in [4.69, 9.17) is 9.47 Å². The van der Waals surface area contributed by atoms with Gasteiger partial charge in [-0.2, -0.15) is 0 Å². The van der Waals surface area contributed by atoms with Crippen molar-refractivity contribution in [2.45, 2.75) is 23.8 Å². The summed E-state index contributed by atoms with van der Waals surface area (Å²) in [5.41, 5.74) is 0.888. The summed E-state index contributed by atoms with van der Waals surface area (Å²) in [6.07, 6.45) is 1.72. The number of carbonyl (C=O) groups is 1. The third-order valence-corrected chi connectivity index (χ3v) is 5.75. The monoisotopic (exact) mass is 390 g/mol. The molecule has 1 unspecified atom stereocenters. The Hall–Kier alpha value is -2.42. The van der Waals surface area contributed by atoms with Gasteiger partial charge in [0.25, 0.3) is 5.91 Å². The molecule has 2 aromatic rings. The lowest BCUT2D eigenvalue weighted by atomic mass is 10.2. The molecule has 1 saturated heterocycles. The van der Waals surface area contributed by atoms with Crippen LogP contribution in [0.2, 0.25) is 0 Å². The van der Waals surface area contributed by atoms with Crippen molar-refractivity contribution in [2.75, 3.05) is 25.6 Å². The Morgan fingerprint density at radius 1 is 1.19 bits per heavy atom. The zero-order valence-corrected chi connectivity index (χ0v) is 15.8. The predicted octanol–water partition coefficient (Wildman–Crippen LogP) is 2.40. The van der Waals surface area contributed by atoms with Crippen molar-refractivity contribution in [3.05, 3.63) is 54.1 Å². The zero-order chi connectivity index (χ0) is 19.3. The molecule has 144 valence electrons. The van der Waals surface area contributed by atoms with Gasteiger partial charge in [-0.05, 0) is 49.2 Å². The molecule has 0 saturated carbocycles. The topological polar surface area (TPSA) is 93.7 Å². The van der Waals surface area contributed by atoms with Gasteiger partial charge in [0.2, 0.25) is 10.0 Å². The molecule has 1 fully saturated rings. The first-order valence-electron chi connectivity index (χ1n) is 8.65. The van der Waals surface area contributed by atoms with E-state index in [1.165, 1.54) is 31.4 Å². The Morgan fingerprint density at radius 3 is 2.59 bits per heavy atom. The second-order valence-corrected chi connectivity index (χ2v) is 7.93. The number of sulfonamides is 1. The molecule has 0 aromatic heterocycles. The molecule has 7 nitrogen and oxygen atoms in total. The maximum Gasteiger partial charge on any atom is 0.255 e. The van der Waals surface area contributed by atoms with Crippen LogP contribution in [0.1, 0.15) is 23.2 Å². The van der Waals surface area contributed by atoms with Crippen LogP contribution in [0.4, 0.5) is 5.69 Å². The van der Waals surface area contributed by atoms with E-state index in [2.05, 4.69) is 10.0 Å². The van der Waals surface area contributed by atoms with Gasteiger partial charge < -0.3 is 14.8 Å². The SMILES string of the molecule is COc1ccccc1NC(=O)c1ccc(S(=O)(=O)NCC2CCCO2)cc1. The smallest absolute Gasteiger partial charge is 0.255 e. The Labute approximate surface area is 158 Å². The summed E-state index contributed by atoms with van der Waals surface area (Å²) in [5.74, 6) is 0.194. The molecule has 0 aliphatic carbocycles. The van der Waals surface area contributed by atoms with E-state index in [0.29, 0.717) is 23.6 Å². The summed E-state index contributed by atoms with van der Waals surface area (Å²) in [4.78, 5) is 12.5. The predicted molar refractivity (Wildman–Crippen MR) is 102 cm³/mol. The highest BCUT2D eigenvalue weighted by Gasteiger charge is 2.20. The number of rotatable bonds is 7. The Bertz CT molecular complexity index is 891. The standard InChI is InChI=1S/C19H22N2O5S/c1-25-18-7-3-2-6-17(18)21-19(22)14-8-10-16(11-9-14)27(23,24)20-13-15-5-4-12-26-15/h2-3,6-11,15,20H,4-5,12-13H2,1H3,(H,21,22). The first kappa shape index (κ1) is 19.3. The first-order chi connectivity index (χ1) is 13.0. The number of ether oxygens (including phenoxy) is 2. The molecule has 2 N–H and O–H groups in total. The van der Waals surface area contributed by atoms with E-state index in [1.54, 1.807) is 24.3 Å². The molecule has 2 aromatic carbocycles. The number of hydrogen-bond donors (Lipinski definition) is 2. The second kappa shape index (κ2) is 8.51. The molecule has 1 amide bonds. The van der Waals surface area contributed by atoms with Gasteiger partial charge in [0.05, 0.1) is 23.8 Å². The molecular weight excluding hydrogens is 368 g/mol. The van der Waals surface area contributed by atoms with Gasteiger partial charge >= 0.3 is 0 Å². The van der Waals surface area contributed by atoms with Crippen LogP contribution in [0, 0.1) is 0 Å². The molecule has 8 heteroatoms. The van der Waals surface area contributed by atoms with E-state index in [9.17, 15) is 13.2 Å². The van der Waals surface area contributed by atoms with E-state index >= 15 is 0 Å². The number of carbonyl (C=O) groups excluding carboxylic acids is 1. The van der Waals surface area contributed by atoms with Crippen molar-refractivity contribution in [1.29, 1.82) is 0 Å². The van der Waals surface area contributed by atoms with Crippen molar-refractivity contribution in [1.82, 2.24) is 4.72 Å². The van der Waals surface area contributed by atoms with E-state index in [-0.39, 0.29) is 23.5 Å². The van der Waals surface area contributed by atoms with Gasteiger partial charge in [0.1, 0.15) is 5.75 Å². The largest absolute Gasteiger partial charge is 0.495 e. The fourth-order valence-electron chi connectivity index (χ4n) is 2.82. The summed E-state index contributed by atoms with van der Waals surface area (Å²) in [7, 11) is -2.12. The summed E-state index contributed by atoms with van der Waals surface area (Å²) < 4.78 is 37.9. The summed E-state index contributed by atoms with van der Waals surface area (Å²) in [6.45, 7) is 0.917. The third-order valence-electron chi connectivity index (χ3n) is 4.31. The Kier molecular flexibility index (Phi) is 6.10. The van der Waals surface area contributed by atoms with E-state index in [1.807, 2.05) is 0 Å². The van der Waals surface area contributed by atoms with Crippen LogP contribution >= 0.6 is 0 Å². The first-order valence-corrected chi connectivity index (χ1v) is 10.1. The molecule has 1 atom stereocenters. The van der Waals surface area contributed by atoms with E-state index in [0.717, 1.165) is 12.8 Å². The quantitative estimate of drug-likeness (QED) is 0.757. The molecule has 0 spiro atoms. The van der Waals surface area contributed by atoms with Gasteiger partial charge in [0, 0.05) is 18.7 Å². The van der Waals surface area contributed by atoms with Crippen LogP contribution in [0.25, 0.3) is 0 Å². The number of methoxy groups -OCH3 is 1. The number of para-hydroxylation sites is 2. The second-order valence-electron chi connectivity index (χ2n) is 6.17. The summed E-state index contributed by atoms with van der Waals surface area (Å²) in [5, 5.41) is 2.75. The van der Waals surface area contributed by atoms with Gasteiger partial charge in [-0.25, -0.2) is 13.1 Å². The van der Waals surface area contributed by atoms with Crippen molar-refractivity contribution in [3.8, 4) is 5.75 Å². The molecule has 0 bridgehead atoms. The maximum atomic E-state index is 12.4. The van der Waals surface area contributed by atoms with Crippen molar-refractivity contribution < 1.29 is 22.7 Å². The van der Waals surface area contributed by atoms with E-state index < -0.39 is 10.0 Å². The molecule has 1 aliphatic rings. The van der Waals surface area contributed by atoms with Gasteiger partial charge in [0.15, 0.2) is 0 Å². The zero-order valence-electron chi connectivity index (χ0n) is 15.0. The van der Waals surface area contributed by atoms with Gasteiger partial charge in [-0.15, -0.1) is 0 Å². The highest BCUT2D eigenvalue weighted by molar-refractivity contribution is 7.89. The van der Waals surface area contributed by atoms with Crippen LogP contribution in [0.5, 0.6) is 5.75 Å². The fourth-order valence-corrected chi connectivity index (χ4v) is 3.89. The number of amides is 1. The highest BCUT2D eigenvalue weighted by atomic mass is 32.2. The minimum Gasteiger partial charge on any atom is -0.495 e. The Balaban J connectivity index is 1.66. The van der Waals surface area contributed by atoms with Crippen LogP contribution in [0.15, 0.2) is 53.4 Å².